The van der Waals surface area contributed by atoms with Crippen molar-refractivity contribution in [3.05, 3.63) is 46.4 Å². The average Bonchev–Trinajstić information content (AvgIpc) is 2.98. The molecule has 0 radical (unpaired) electrons. The first-order chi connectivity index (χ1) is 12.6. The van der Waals surface area contributed by atoms with Crippen molar-refractivity contribution in [1.29, 1.82) is 0 Å². The standard InChI is InChI=1S/C19H20BrN3O3/c1-4-9-23-16-8-6-5-7-15(16)21-19(23)22-18(24)13-10-12(25-2)11-14(20)17(13)26-3/h5-8,10-11H,4,9H2,1-3H3,(H,21,22,24). The number of fused-ring (bicyclic) bond motifs is 1. The molecule has 0 fully saturated rings. The van der Waals surface area contributed by atoms with Crippen LogP contribution in [-0.4, -0.2) is 29.7 Å². The van der Waals surface area contributed by atoms with Gasteiger partial charge in [-0.05, 0) is 46.6 Å². The van der Waals surface area contributed by atoms with Crippen LogP contribution in [0.1, 0.15) is 23.7 Å². The molecule has 0 saturated carbocycles. The van der Waals surface area contributed by atoms with Gasteiger partial charge in [-0.15, -0.1) is 0 Å². The van der Waals surface area contributed by atoms with E-state index in [2.05, 4.69) is 33.2 Å². The Balaban J connectivity index is 2.02. The Bertz CT molecular complexity index is 953. The summed E-state index contributed by atoms with van der Waals surface area (Å²) in [5.41, 5.74) is 2.20. The molecule has 1 N–H and O–H groups in total. The quantitative estimate of drug-likeness (QED) is 0.641. The summed E-state index contributed by atoms with van der Waals surface area (Å²) in [6, 6.07) is 11.2. The number of carbonyl (C=O) groups is 1. The number of aryl methyl sites for hydroxylation is 1. The van der Waals surface area contributed by atoms with Crippen molar-refractivity contribution in [3.8, 4) is 11.5 Å². The van der Waals surface area contributed by atoms with Gasteiger partial charge in [-0.2, -0.15) is 0 Å². The molecule has 0 aliphatic carbocycles. The number of hydrogen-bond acceptors (Lipinski definition) is 4. The monoisotopic (exact) mass is 417 g/mol. The van der Waals surface area contributed by atoms with E-state index < -0.39 is 0 Å². The number of carbonyl (C=O) groups excluding carboxylic acids is 1. The fourth-order valence-electron chi connectivity index (χ4n) is 2.85. The SMILES string of the molecule is CCCn1c(NC(=O)c2cc(OC)cc(Br)c2OC)nc2ccccc21. The fraction of sp³-hybridized carbons (Fsp3) is 0.263. The molecule has 6 nitrogen and oxygen atoms in total. The van der Waals surface area contributed by atoms with E-state index in [4.69, 9.17) is 9.47 Å². The predicted octanol–water partition coefficient (Wildman–Crippen LogP) is 4.48. The van der Waals surface area contributed by atoms with Crippen LogP contribution in [0, 0.1) is 0 Å². The van der Waals surface area contributed by atoms with Gasteiger partial charge in [0.1, 0.15) is 11.5 Å². The number of hydrogen-bond donors (Lipinski definition) is 1. The van der Waals surface area contributed by atoms with E-state index in [0.717, 1.165) is 24.0 Å². The lowest BCUT2D eigenvalue weighted by Gasteiger charge is -2.13. The van der Waals surface area contributed by atoms with E-state index in [0.29, 0.717) is 27.5 Å². The van der Waals surface area contributed by atoms with E-state index >= 15 is 0 Å². The molecule has 3 rings (SSSR count). The first kappa shape index (κ1) is 18.3. The first-order valence-electron chi connectivity index (χ1n) is 8.27. The number of aromatic nitrogens is 2. The highest BCUT2D eigenvalue weighted by molar-refractivity contribution is 9.10. The topological polar surface area (TPSA) is 65.4 Å². The Morgan fingerprint density at radius 1 is 1.23 bits per heavy atom. The fourth-order valence-corrected chi connectivity index (χ4v) is 3.45. The molecular weight excluding hydrogens is 398 g/mol. The summed E-state index contributed by atoms with van der Waals surface area (Å²) < 4.78 is 13.3. The molecule has 1 heterocycles. The van der Waals surface area contributed by atoms with Crippen LogP contribution in [0.15, 0.2) is 40.9 Å². The number of benzene rings is 2. The summed E-state index contributed by atoms with van der Waals surface area (Å²) in [6.07, 6.45) is 0.928. The van der Waals surface area contributed by atoms with Gasteiger partial charge in [0.05, 0.1) is 35.3 Å². The van der Waals surface area contributed by atoms with Gasteiger partial charge in [0.15, 0.2) is 0 Å². The smallest absolute Gasteiger partial charge is 0.261 e. The Morgan fingerprint density at radius 3 is 2.69 bits per heavy atom. The molecule has 3 aromatic rings. The molecule has 0 bridgehead atoms. The maximum atomic E-state index is 12.9. The molecule has 1 aromatic heterocycles. The number of methoxy groups -OCH3 is 2. The highest BCUT2D eigenvalue weighted by atomic mass is 79.9. The van der Waals surface area contributed by atoms with E-state index in [1.54, 1.807) is 19.2 Å². The molecule has 0 saturated heterocycles. The minimum absolute atomic E-state index is 0.311. The van der Waals surface area contributed by atoms with Gasteiger partial charge in [0.25, 0.3) is 5.91 Å². The zero-order valence-electron chi connectivity index (χ0n) is 14.9. The lowest BCUT2D eigenvalue weighted by Crippen LogP contribution is -2.17. The van der Waals surface area contributed by atoms with Crippen molar-refractivity contribution in [2.45, 2.75) is 19.9 Å². The number of para-hydroxylation sites is 2. The third-order valence-corrected chi connectivity index (χ3v) is 4.62. The summed E-state index contributed by atoms with van der Waals surface area (Å²) >= 11 is 3.41. The number of nitrogens with zero attached hydrogens (tertiary/aromatic N) is 2. The maximum absolute atomic E-state index is 12.9. The number of anilines is 1. The van der Waals surface area contributed by atoms with Crippen LogP contribution < -0.4 is 14.8 Å². The van der Waals surface area contributed by atoms with Crippen LogP contribution >= 0.6 is 15.9 Å². The van der Waals surface area contributed by atoms with Crippen LogP contribution in [0.4, 0.5) is 5.95 Å². The Labute approximate surface area is 160 Å². The second-order valence-corrected chi connectivity index (χ2v) is 6.57. The zero-order chi connectivity index (χ0) is 18.7. The summed E-state index contributed by atoms with van der Waals surface area (Å²) in [4.78, 5) is 17.5. The minimum atomic E-state index is -0.311. The van der Waals surface area contributed by atoms with Gasteiger partial charge < -0.3 is 14.0 Å². The molecular formula is C19H20BrN3O3. The number of ether oxygens (including phenoxy) is 2. The molecule has 136 valence electrons. The summed E-state index contributed by atoms with van der Waals surface area (Å²) in [7, 11) is 3.08. The summed E-state index contributed by atoms with van der Waals surface area (Å²) in [5.74, 6) is 1.21. The van der Waals surface area contributed by atoms with E-state index in [9.17, 15) is 4.79 Å². The van der Waals surface area contributed by atoms with E-state index in [1.807, 2.05) is 28.8 Å². The van der Waals surface area contributed by atoms with Crippen molar-refractivity contribution in [2.24, 2.45) is 0 Å². The molecule has 0 aliphatic heterocycles. The van der Waals surface area contributed by atoms with Gasteiger partial charge in [0, 0.05) is 6.54 Å². The second-order valence-electron chi connectivity index (χ2n) is 5.72. The number of halogens is 1. The molecule has 0 atom stereocenters. The van der Waals surface area contributed by atoms with Crippen LogP contribution in [0.2, 0.25) is 0 Å². The molecule has 0 unspecified atom stereocenters. The molecule has 7 heteroatoms. The number of imidazole rings is 1. The Kier molecular flexibility index (Phi) is 5.46. The van der Waals surface area contributed by atoms with Gasteiger partial charge in [-0.3, -0.25) is 10.1 Å². The summed E-state index contributed by atoms with van der Waals surface area (Å²) in [6.45, 7) is 2.84. The minimum Gasteiger partial charge on any atom is -0.497 e. The Morgan fingerprint density at radius 2 is 2.00 bits per heavy atom. The third kappa shape index (κ3) is 3.39. The maximum Gasteiger partial charge on any atom is 0.261 e. The molecule has 0 aliphatic rings. The van der Waals surface area contributed by atoms with Gasteiger partial charge in [0.2, 0.25) is 5.95 Å². The number of rotatable bonds is 6. The average molecular weight is 418 g/mol. The van der Waals surface area contributed by atoms with Crippen LogP contribution in [0.5, 0.6) is 11.5 Å². The molecule has 1 amide bonds. The number of nitrogens with one attached hydrogen (secondary N) is 1. The lowest BCUT2D eigenvalue weighted by atomic mass is 10.1. The van der Waals surface area contributed by atoms with Gasteiger partial charge in [-0.25, -0.2) is 4.98 Å². The lowest BCUT2D eigenvalue weighted by molar-refractivity contribution is 0.102. The highest BCUT2D eigenvalue weighted by Gasteiger charge is 2.20. The number of amides is 1. The van der Waals surface area contributed by atoms with E-state index in [1.165, 1.54) is 7.11 Å². The Hall–Kier alpha value is -2.54. The molecule has 0 spiro atoms. The first-order valence-corrected chi connectivity index (χ1v) is 9.06. The second kappa shape index (κ2) is 7.78. The van der Waals surface area contributed by atoms with Crippen molar-refractivity contribution in [2.75, 3.05) is 19.5 Å². The normalized spacial score (nSPS) is 10.8. The van der Waals surface area contributed by atoms with Crippen LogP contribution in [0.3, 0.4) is 0 Å². The third-order valence-electron chi connectivity index (χ3n) is 4.03. The zero-order valence-corrected chi connectivity index (χ0v) is 16.5. The molecule has 26 heavy (non-hydrogen) atoms. The van der Waals surface area contributed by atoms with Crippen molar-refractivity contribution in [3.63, 3.8) is 0 Å². The van der Waals surface area contributed by atoms with E-state index in [-0.39, 0.29) is 5.91 Å². The largest absolute Gasteiger partial charge is 0.497 e. The van der Waals surface area contributed by atoms with Gasteiger partial charge in [-0.1, -0.05) is 19.1 Å². The van der Waals surface area contributed by atoms with Crippen LogP contribution in [-0.2, 0) is 6.54 Å². The summed E-state index contributed by atoms with van der Waals surface area (Å²) in [5, 5.41) is 2.91. The van der Waals surface area contributed by atoms with Crippen molar-refractivity contribution < 1.29 is 14.3 Å². The van der Waals surface area contributed by atoms with Gasteiger partial charge >= 0.3 is 0 Å². The van der Waals surface area contributed by atoms with Crippen LogP contribution in [0.25, 0.3) is 11.0 Å². The van der Waals surface area contributed by atoms with Crippen molar-refractivity contribution in [1.82, 2.24) is 9.55 Å². The highest BCUT2D eigenvalue weighted by Crippen LogP contribution is 2.34. The molecule has 2 aromatic carbocycles. The van der Waals surface area contributed by atoms with Crippen molar-refractivity contribution >= 4 is 38.8 Å². The predicted molar refractivity (Wildman–Crippen MR) is 105 cm³/mol.